The second-order valence-electron chi connectivity index (χ2n) is 5.74. The van der Waals surface area contributed by atoms with Gasteiger partial charge in [-0.15, -0.1) is 0 Å². The van der Waals surface area contributed by atoms with Crippen molar-refractivity contribution in [2.45, 2.75) is 77.6 Å². The van der Waals surface area contributed by atoms with Crippen molar-refractivity contribution in [3.8, 4) is 0 Å². The van der Waals surface area contributed by atoms with E-state index < -0.39 is 0 Å². The average molecular weight is 326 g/mol. The fourth-order valence-corrected chi connectivity index (χ4v) is 2.17. The van der Waals surface area contributed by atoms with Crippen LogP contribution in [0.4, 0.5) is 4.39 Å². The standard InChI is InChI=1S/C19H31FO3/c1-3-4-8-14-18(21)15-11-13-17(20)12-9-6-5-7-10-16-19(22)23-2/h11,13,15H,3-10,12,14,16H2,1-2H3/b15-11+,17-13+. The molecule has 0 N–H and O–H groups in total. The largest absolute Gasteiger partial charge is 0.469 e. The lowest BCUT2D eigenvalue weighted by Gasteiger charge is -2.00. The first kappa shape index (κ1) is 21.6. The quantitative estimate of drug-likeness (QED) is 0.184. The summed E-state index contributed by atoms with van der Waals surface area (Å²) in [6.07, 6.45) is 13.4. The van der Waals surface area contributed by atoms with Crippen LogP contribution >= 0.6 is 0 Å². The van der Waals surface area contributed by atoms with Crippen molar-refractivity contribution >= 4 is 11.8 Å². The van der Waals surface area contributed by atoms with E-state index in [0.29, 0.717) is 19.3 Å². The number of ether oxygens (including phenoxy) is 1. The van der Waals surface area contributed by atoms with Crippen molar-refractivity contribution < 1.29 is 18.7 Å². The highest BCUT2D eigenvalue weighted by atomic mass is 19.1. The van der Waals surface area contributed by atoms with Gasteiger partial charge in [0.2, 0.25) is 0 Å². The van der Waals surface area contributed by atoms with Crippen molar-refractivity contribution in [1.29, 1.82) is 0 Å². The van der Waals surface area contributed by atoms with Gasteiger partial charge in [-0.2, -0.15) is 0 Å². The van der Waals surface area contributed by atoms with Crippen LogP contribution in [0, 0.1) is 0 Å². The van der Waals surface area contributed by atoms with E-state index in [2.05, 4.69) is 11.7 Å². The molecule has 0 aromatic heterocycles. The van der Waals surface area contributed by atoms with Gasteiger partial charge >= 0.3 is 5.97 Å². The number of allylic oxidation sites excluding steroid dienone is 4. The topological polar surface area (TPSA) is 43.4 Å². The van der Waals surface area contributed by atoms with Crippen molar-refractivity contribution in [3.05, 3.63) is 24.1 Å². The lowest BCUT2D eigenvalue weighted by molar-refractivity contribution is -0.140. The molecule has 0 saturated heterocycles. The molecule has 0 aromatic rings. The fraction of sp³-hybridized carbons (Fsp3) is 0.684. The Morgan fingerprint density at radius 3 is 2.17 bits per heavy atom. The Balaban J connectivity index is 3.63. The number of hydrogen-bond acceptors (Lipinski definition) is 3. The number of rotatable bonds is 14. The summed E-state index contributed by atoms with van der Waals surface area (Å²) in [5.41, 5.74) is 0. The first-order chi connectivity index (χ1) is 11.1. The lowest BCUT2D eigenvalue weighted by atomic mass is 10.1. The molecule has 0 aliphatic rings. The molecule has 0 aromatic carbocycles. The molecule has 3 nitrogen and oxygen atoms in total. The van der Waals surface area contributed by atoms with Gasteiger partial charge in [0.1, 0.15) is 0 Å². The molecule has 0 spiro atoms. The van der Waals surface area contributed by atoms with Gasteiger partial charge in [0.25, 0.3) is 0 Å². The minimum atomic E-state index is -0.183. The number of esters is 1. The average Bonchev–Trinajstić information content (AvgIpc) is 2.53. The molecular formula is C19H31FO3. The molecular weight excluding hydrogens is 295 g/mol. The normalized spacial score (nSPS) is 11.9. The van der Waals surface area contributed by atoms with Crippen LogP contribution in [0.1, 0.15) is 77.6 Å². The van der Waals surface area contributed by atoms with E-state index in [1.165, 1.54) is 25.3 Å². The summed E-state index contributed by atoms with van der Waals surface area (Å²) in [6.45, 7) is 2.09. The van der Waals surface area contributed by atoms with Gasteiger partial charge in [-0.1, -0.05) is 45.1 Å². The summed E-state index contributed by atoms with van der Waals surface area (Å²) in [4.78, 5) is 22.4. The van der Waals surface area contributed by atoms with E-state index in [1.54, 1.807) is 0 Å². The summed E-state index contributed by atoms with van der Waals surface area (Å²) in [7, 11) is 1.39. The fourth-order valence-electron chi connectivity index (χ4n) is 2.17. The number of halogens is 1. The molecule has 23 heavy (non-hydrogen) atoms. The zero-order valence-electron chi connectivity index (χ0n) is 14.6. The first-order valence-corrected chi connectivity index (χ1v) is 8.72. The molecule has 0 radical (unpaired) electrons. The van der Waals surface area contributed by atoms with Crippen LogP contribution in [0.25, 0.3) is 0 Å². The zero-order valence-corrected chi connectivity index (χ0v) is 14.6. The molecule has 0 aliphatic carbocycles. The minimum Gasteiger partial charge on any atom is -0.469 e. The molecule has 0 rings (SSSR count). The van der Waals surface area contributed by atoms with Gasteiger partial charge in [-0.05, 0) is 37.8 Å². The SMILES string of the molecule is CCCCCC(=O)/C=C/C=C(/F)CCCCCCCC(=O)OC. The third-order valence-corrected chi connectivity index (χ3v) is 3.61. The number of carbonyl (C=O) groups excluding carboxylic acids is 2. The molecule has 4 heteroatoms. The molecule has 0 atom stereocenters. The van der Waals surface area contributed by atoms with Gasteiger partial charge in [0, 0.05) is 12.8 Å². The van der Waals surface area contributed by atoms with Crippen molar-refractivity contribution in [2.75, 3.05) is 7.11 Å². The Labute approximate surface area is 140 Å². The number of carbonyl (C=O) groups is 2. The second kappa shape index (κ2) is 15.4. The van der Waals surface area contributed by atoms with Gasteiger partial charge in [-0.3, -0.25) is 9.59 Å². The minimum absolute atomic E-state index is 0.0631. The Kier molecular flexibility index (Phi) is 14.5. The zero-order chi connectivity index (χ0) is 17.3. The summed E-state index contributed by atoms with van der Waals surface area (Å²) in [5.74, 6) is -0.291. The highest BCUT2D eigenvalue weighted by Crippen LogP contribution is 2.13. The smallest absolute Gasteiger partial charge is 0.305 e. The van der Waals surface area contributed by atoms with Crippen molar-refractivity contribution in [2.24, 2.45) is 0 Å². The highest BCUT2D eigenvalue weighted by Gasteiger charge is 2.00. The molecule has 0 saturated carbocycles. The van der Waals surface area contributed by atoms with Gasteiger partial charge in [-0.25, -0.2) is 4.39 Å². The monoisotopic (exact) mass is 326 g/mol. The Morgan fingerprint density at radius 2 is 1.52 bits per heavy atom. The number of hydrogen-bond donors (Lipinski definition) is 0. The van der Waals surface area contributed by atoms with E-state index in [9.17, 15) is 14.0 Å². The molecule has 0 amide bonds. The molecule has 0 aliphatic heterocycles. The maximum absolute atomic E-state index is 13.5. The molecule has 0 fully saturated rings. The molecule has 0 heterocycles. The van der Waals surface area contributed by atoms with E-state index in [-0.39, 0.29) is 17.6 Å². The maximum Gasteiger partial charge on any atom is 0.305 e. The summed E-state index contributed by atoms with van der Waals surface area (Å²) < 4.78 is 18.1. The van der Waals surface area contributed by atoms with Gasteiger partial charge in [0.05, 0.1) is 12.9 Å². The van der Waals surface area contributed by atoms with Crippen molar-refractivity contribution in [1.82, 2.24) is 0 Å². The number of ketones is 1. The maximum atomic E-state index is 13.5. The Hall–Kier alpha value is -1.45. The molecule has 0 unspecified atom stereocenters. The van der Waals surface area contributed by atoms with Gasteiger partial charge in [0.15, 0.2) is 5.78 Å². The van der Waals surface area contributed by atoms with E-state index in [1.807, 2.05) is 0 Å². The first-order valence-electron chi connectivity index (χ1n) is 8.72. The third kappa shape index (κ3) is 15.2. The third-order valence-electron chi connectivity index (χ3n) is 3.61. The van der Waals surface area contributed by atoms with E-state index in [0.717, 1.165) is 51.4 Å². The number of methoxy groups -OCH3 is 1. The summed E-state index contributed by atoms with van der Waals surface area (Å²) in [5, 5.41) is 0. The van der Waals surface area contributed by atoms with Crippen LogP contribution in [0.5, 0.6) is 0 Å². The lowest BCUT2D eigenvalue weighted by Crippen LogP contribution is -1.99. The van der Waals surface area contributed by atoms with E-state index >= 15 is 0 Å². The molecule has 0 bridgehead atoms. The Morgan fingerprint density at radius 1 is 0.913 bits per heavy atom. The van der Waals surface area contributed by atoms with Crippen molar-refractivity contribution in [3.63, 3.8) is 0 Å². The Bertz CT molecular complexity index is 386. The highest BCUT2D eigenvalue weighted by molar-refractivity contribution is 5.89. The molecule has 132 valence electrons. The van der Waals surface area contributed by atoms with Crippen LogP contribution in [-0.2, 0) is 14.3 Å². The van der Waals surface area contributed by atoms with Crippen LogP contribution in [-0.4, -0.2) is 18.9 Å². The van der Waals surface area contributed by atoms with Crippen LogP contribution < -0.4 is 0 Å². The van der Waals surface area contributed by atoms with Crippen LogP contribution in [0.15, 0.2) is 24.1 Å². The second-order valence-corrected chi connectivity index (χ2v) is 5.74. The van der Waals surface area contributed by atoms with Crippen LogP contribution in [0.3, 0.4) is 0 Å². The van der Waals surface area contributed by atoms with Crippen LogP contribution in [0.2, 0.25) is 0 Å². The van der Waals surface area contributed by atoms with Gasteiger partial charge < -0.3 is 4.74 Å². The summed E-state index contributed by atoms with van der Waals surface area (Å²) >= 11 is 0. The predicted molar refractivity (Wildman–Crippen MR) is 91.8 cm³/mol. The number of unbranched alkanes of at least 4 members (excludes halogenated alkanes) is 6. The predicted octanol–water partition coefficient (Wildman–Crippen LogP) is 5.45. The summed E-state index contributed by atoms with van der Waals surface area (Å²) in [6, 6.07) is 0. The van der Waals surface area contributed by atoms with E-state index in [4.69, 9.17) is 0 Å².